The van der Waals surface area contributed by atoms with E-state index in [-0.39, 0.29) is 6.42 Å². The molecule has 1 heterocycles. The lowest BCUT2D eigenvalue weighted by atomic mass is 9.95. The summed E-state index contributed by atoms with van der Waals surface area (Å²) < 4.78 is 2.41. The third kappa shape index (κ3) is 2.72. The number of aromatic nitrogens is 1. The van der Waals surface area contributed by atoms with Gasteiger partial charge in [-0.3, -0.25) is 4.79 Å². The van der Waals surface area contributed by atoms with Crippen molar-refractivity contribution in [2.24, 2.45) is 0 Å². The summed E-state index contributed by atoms with van der Waals surface area (Å²) in [4.78, 5) is 10.6. The van der Waals surface area contributed by atoms with Crippen LogP contribution in [0.3, 0.4) is 0 Å². The Morgan fingerprint density at radius 2 is 2.00 bits per heavy atom. The van der Waals surface area contributed by atoms with E-state index in [1.807, 2.05) is 0 Å². The monoisotopic (exact) mass is 271 g/mol. The first-order valence-electron chi connectivity index (χ1n) is 7.55. The molecule has 0 atom stereocenters. The summed E-state index contributed by atoms with van der Waals surface area (Å²) in [5, 5.41) is 9.99. The van der Waals surface area contributed by atoms with Gasteiger partial charge in [-0.1, -0.05) is 25.3 Å². The smallest absolute Gasteiger partial charge is 0.303 e. The third-order valence-electron chi connectivity index (χ3n) is 4.38. The van der Waals surface area contributed by atoms with Crippen molar-refractivity contribution in [3.05, 3.63) is 36.0 Å². The molecule has 0 amide bonds. The van der Waals surface area contributed by atoms with Crippen LogP contribution in [0, 0.1) is 0 Å². The maximum Gasteiger partial charge on any atom is 0.303 e. The van der Waals surface area contributed by atoms with E-state index in [4.69, 9.17) is 5.11 Å². The van der Waals surface area contributed by atoms with Gasteiger partial charge >= 0.3 is 5.97 Å². The minimum atomic E-state index is -0.732. The molecule has 3 heteroatoms. The van der Waals surface area contributed by atoms with Gasteiger partial charge in [0.1, 0.15) is 0 Å². The molecule has 20 heavy (non-hydrogen) atoms. The van der Waals surface area contributed by atoms with Crippen molar-refractivity contribution in [1.29, 1.82) is 0 Å². The molecule has 0 spiro atoms. The van der Waals surface area contributed by atoms with E-state index in [1.165, 1.54) is 43.0 Å². The largest absolute Gasteiger partial charge is 0.481 e. The summed E-state index contributed by atoms with van der Waals surface area (Å²) in [6.45, 7) is 0. The van der Waals surface area contributed by atoms with E-state index < -0.39 is 5.97 Å². The van der Waals surface area contributed by atoms with Gasteiger partial charge in [-0.2, -0.15) is 0 Å². The Hall–Kier alpha value is -1.77. The highest BCUT2D eigenvalue weighted by Gasteiger charge is 2.16. The van der Waals surface area contributed by atoms with Crippen molar-refractivity contribution < 1.29 is 9.90 Å². The lowest BCUT2D eigenvalue weighted by molar-refractivity contribution is -0.136. The van der Waals surface area contributed by atoms with Gasteiger partial charge < -0.3 is 9.67 Å². The van der Waals surface area contributed by atoms with Crippen LogP contribution >= 0.6 is 0 Å². The van der Waals surface area contributed by atoms with E-state index in [9.17, 15) is 4.79 Å². The maximum absolute atomic E-state index is 10.6. The summed E-state index contributed by atoms with van der Waals surface area (Å²) in [6.07, 6.45) is 9.61. The molecular weight excluding hydrogens is 250 g/mol. The molecule has 1 aliphatic rings. The van der Waals surface area contributed by atoms with Crippen LogP contribution in [0.15, 0.2) is 30.5 Å². The molecule has 0 bridgehead atoms. The Labute approximate surface area is 119 Å². The molecule has 1 aliphatic carbocycles. The summed E-state index contributed by atoms with van der Waals surface area (Å²) in [6, 6.07) is 9.17. The van der Waals surface area contributed by atoms with Gasteiger partial charge in [-0.15, -0.1) is 0 Å². The normalized spacial score (nSPS) is 16.6. The van der Waals surface area contributed by atoms with Crippen LogP contribution in [0.4, 0.5) is 0 Å². The lowest BCUT2D eigenvalue weighted by Gasteiger charge is -2.24. The average molecular weight is 271 g/mol. The van der Waals surface area contributed by atoms with Crippen molar-refractivity contribution in [3.63, 3.8) is 0 Å². The van der Waals surface area contributed by atoms with E-state index in [0.717, 1.165) is 5.56 Å². The number of aliphatic carboxylic acids is 1. The molecule has 3 nitrogen and oxygen atoms in total. The van der Waals surface area contributed by atoms with Gasteiger partial charge in [0.2, 0.25) is 0 Å². The summed E-state index contributed by atoms with van der Waals surface area (Å²) in [5.74, 6) is -0.732. The second kappa shape index (κ2) is 5.70. The van der Waals surface area contributed by atoms with Gasteiger partial charge in [-0.25, -0.2) is 0 Å². The van der Waals surface area contributed by atoms with Gasteiger partial charge in [-0.05, 0) is 48.4 Å². The highest BCUT2D eigenvalue weighted by Crippen LogP contribution is 2.31. The zero-order valence-corrected chi connectivity index (χ0v) is 11.7. The first-order valence-corrected chi connectivity index (χ1v) is 7.55. The zero-order chi connectivity index (χ0) is 13.9. The average Bonchev–Trinajstić information content (AvgIpc) is 2.89. The van der Waals surface area contributed by atoms with Gasteiger partial charge in [0, 0.05) is 24.2 Å². The minimum Gasteiger partial charge on any atom is -0.481 e. The number of hydrogen-bond donors (Lipinski definition) is 1. The SMILES string of the molecule is O=C(O)CCc1ccc2c(ccn2C2CCCCC2)c1. The molecule has 1 aromatic heterocycles. The van der Waals surface area contributed by atoms with Crippen LogP contribution in [-0.2, 0) is 11.2 Å². The predicted molar refractivity (Wildman–Crippen MR) is 80.0 cm³/mol. The number of carbonyl (C=O) groups is 1. The highest BCUT2D eigenvalue weighted by atomic mass is 16.4. The molecule has 0 unspecified atom stereocenters. The Kier molecular flexibility index (Phi) is 3.77. The molecule has 0 saturated heterocycles. The fraction of sp³-hybridized carbons (Fsp3) is 0.471. The third-order valence-corrected chi connectivity index (χ3v) is 4.38. The van der Waals surface area contributed by atoms with E-state index in [0.29, 0.717) is 12.5 Å². The molecule has 3 rings (SSSR count). The van der Waals surface area contributed by atoms with Crippen LogP contribution in [0.2, 0.25) is 0 Å². The van der Waals surface area contributed by atoms with Crippen molar-refractivity contribution in [2.45, 2.75) is 51.0 Å². The molecule has 106 valence electrons. The maximum atomic E-state index is 10.6. The van der Waals surface area contributed by atoms with Crippen LogP contribution in [0.1, 0.15) is 50.1 Å². The Morgan fingerprint density at radius 3 is 2.75 bits per heavy atom. The molecule has 1 saturated carbocycles. The van der Waals surface area contributed by atoms with Crippen LogP contribution in [0.25, 0.3) is 10.9 Å². The summed E-state index contributed by atoms with van der Waals surface area (Å²) >= 11 is 0. The Bertz CT molecular complexity index is 608. The van der Waals surface area contributed by atoms with E-state index in [1.54, 1.807) is 0 Å². The molecular formula is C17H21NO2. The number of nitrogens with zero attached hydrogens (tertiary/aromatic N) is 1. The summed E-state index contributed by atoms with van der Waals surface area (Å²) in [5.41, 5.74) is 2.40. The number of benzene rings is 1. The molecule has 2 aromatic rings. The van der Waals surface area contributed by atoms with Crippen molar-refractivity contribution >= 4 is 16.9 Å². The number of rotatable bonds is 4. The van der Waals surface area contributed by atoms with E-state index in [2.05, 4.69) is 35.0 Å². The highest BCUT2D eigenvalue weighted by molar-refractivity contribution is 5.81. The number of fused-ring (bicyclic) bond motifs is 1. The number of hydrogen-bond acceptors (Lipinski definition) is 1. The van der Waals surface area contributed by atoms with Crippen LogP contribution in [0.5, 0.6) is 0 Å². The second-order valence-corrected chi connectivity index (χ2v) is 5.80. The van der Waals surface area contributed by atoms with Gasteiger partial charge in [0.25, 0.3) is 0 Å². The Balaban J connectivity index is 1.84. The van der Waals surface area contributed by atoms with Crippen LogP contribution in [-0.4, -0.2) is 15.6 Å². The number of carboxylic acid groups (broad SMARTS) is 1. The van der Waals surface area contributed by atoms with Gasteiger partial charge in [0.15, 0.2) is 0 Å². The van der Waals surface area contributed by atoms with Crippen molar-refractivity contribution in [3.8, 4) is 0 Å². The predicted octanol–water partition coefficient (Wildman–Crippen LogP) is 4.16. The zero-order valence-electron chi connectivity index (χ0n) is 11.7. The quantitative estimate of drug-likeness (QED) is 0.907. The minimum absolute atomic E-state index is 0.203. The first kappa shape index (κ1) is 13.2. The fourth-order valence-corrected chi connectivity index (χ4v) is 3.30. The van der Waals surface area contributed by atoms with Crippen LogP contribution < -0.4 is 0 Å². The van der Waals surface area contributed by atoms with Crippen molar-refractivity contribution in [2.75, 3.05) is 0 Å². The molecule has 0 aliphatic heterocycles. The lowest BCUT2D eigenvalue weighted by Crippen LogP contribution is -2.11. The topological polar surface area (TPSA) is 42.2 Å². The standard InChI is InChI=1S/C17H21NO2/c19-17(20)9-7-13-6-8-16-14(12-13)10-11-18(16)15-4-2-1-3-5-15/h6,8,10-12,15H,1-5,7,9H2,(H,19,20). The Morgan fingerprint density at radius 1 is 1.20 bits per heavy atom. The number of aryl methyl sites for hydroxylation is 1. The fourth-order valence-electron chi connectivity index (χ4n) is 3.30. The van der Waals surface area contributed by atoms with E-state index >= 15 is 0 Å². The van der Waals surface area contributed by atoms with Crippen molar-refractivity contribution in [1.82, 2.24) is 4.57 Å². The van der Waals surface area contributed by atoms with Gasteiger partial charge in [0.05, 0.1) is 0 Å². The summed E-state index contributed by atoms with van der Waals surface area (Å²) in [7, 11) is 0. The number of carboxylic acids is 1. The molecule has 0 radical (unpaired) electrons. The second-order valence-electron chi connectivity index (χ2n) is 5.80. The first-order chi connectivity index (χ1) is 9.74. The molecule has 1 aromatic carbocycles. The molecule has 1 fully saturated rings. The molecule has 1 N–H and O–H groups in total.